The standard InChI is InChI=1S/C26H36O7/c1-2-3-4-5-6-7-16-31-20-12-8-18(9-13-20)19-10-14-21(15-11-19)32-26-25(30)24(29)23(28)22(17-27)33-26/h8-15,22-30H,2-7,16-17H2,1H3/t22-,23-,24+,25-,26-/m1/s1. The first kappa shape index (κ1) is 25.5. The van der Waals surface area contributed by atoms with Crippen LogP contribution in [-0.2, 0) is 4.74 Å². The quantitative estimate of drug-likeness (QED) is 0.360. The lowest BCUT2D eigenvalue weighted by atomic mass is 9.99. The summed E-state index contributed by atoms with van der Waals surface area (Å²) in [6, 6.07) is 15.2. The fourth-order valence-corrected chi connectivity index (χ4v) is 3.84. The number of rotatable bonds is 12. The molecule has 0 saturated carbocycles. The highest BCUT2D eigenvalue weighted by Crippen LogP contribution is 2.28. The molecule has 2 aromatic carbocycles. The summed E-state index contributed by atoms with van der Waals surface area (Å²) in [6.45, 7) is 2.46. The van der Waals surface area contributed by atoms with Crippen molar-refractivity contribution in [3.63, 3.8) is 0 Å². The molecule has 1 saturated heterocycles. The molecule has 1 aliphatic rings. The van der Waals surface area contributed by atoms with E-state index in [2.05, 4.69) is 6.92 Å². The lowest BCUT2D eigenvalue weighted by molar-refractivity contribution is -0.277. The van der Waals surface area contributed by atoms with Crippen molar-refractivity contribution in [3.05, 3.63) is 48.5 Å². The average molecular weight is 461 g/mol. The molecule has 33 heavy (non-hydrogen) atoms. The smallest absolute Gasteiger partial charge is 0.229 e. The van der Waals surface area contributed by atoms with Gasteiger partial charge in [-0.1, -0.05) is 63.3 Å². The first-order chi connectivity index (χ1) is 16.0. The van der Waals surface area contributed by atoms with Gasteiger partial charge in [0.2, 0.25) is 6.29 Å². The summed E-state index contributed by atoms with van der Waals surface area (Å²) in [5.41, 5.74) is 2.01. The minimum Gasteiger partial charge on any atom is -0.494 e. The van der Waals surface area contributed by atoms with Crippen molar-refractivity contribution in [3.8, 4) is 22.6 Å². The highest BCUT2D eigenvalue weighted by atomic mass is 16.7. The van der Waals surface area contributed by atoms with Gasteiger partial charge in [-0.15, -0.1) is 0 Å². The predicted molar refractivity (Wildman–Crippen MR) is 125 cm³/mol. The second-order valence-electron chi connectivity index (χ2n) is 8.48. The van der Waals surface area contributed by atoms with Crippen LogP contribution in [-0.4, -0.2) is 64.3 Å². The van der Waals surface area contributed by atoms with Crippen molar-refractivity contribution in [2.45, 2.75) is 76.2 Å². The van der Waals surface area contributed by atoms with Crippen LogP contribution in [0.5, 0.6) is 11.5 Å². The number of aliphatic hydroxyl groups excluding tert-OH is 4. The van der Waals surface area contributed by atoms with Crippen molar-refractivity contribution < 1.29 is 34.6 Å². The third-order valence-electron chi connectivity index (χ3n) is 5.91. The fourth-order valence-electron chi connectivity index (χ4n) is 3.84. The van der Waals surface area contributed by atoms with E-state index in [9.17, 15) is 20.4 Å². The summed E-state index contributed by atoms with van der Waals surface area (Å²) in [5, 5.41) is 39.2. The molecule has 0 aromatic heterocycles. The second-order valence-corrected chi connectivity index (χ2v) is 8.48. The van der Waals surface area contributed by atoms with E-state index < -0.39 is 37.3 Å². The molecule has 5 atom stereocenters. The van der Waals surface area contributed by atoms with Gasteiger partial charge in [0, 0.05) is 0 Å². The molecule has 0 amide bonds. The van der Waals surface area contributed by atoms with Gasteiger partial charge in [-0.25, -0.2) is 0 Å². The molecule has 3 rings (SSSR count). The average Bonchev–Trinajstić information content (AvgIpc) is 2.84. The molecule has 4 N–H and O–H groups in total. The predicted octanol–water partition coefficient (Wildman–Crippen LogP) is 3.27. The molecule has 0 radical (unpaired) electrons. The van der Waals surface area contributed by atoms with Crippen LogP contribution >= 0.6 is 0 Å². The van der Waals surface area contributed by atoms with E-state index in [0.717, 1.165) is 29.9 Å². The minimum atomic E-state index is -1.47. The molecular weight excluding hydrogens is 424 g/mol. The summed E-state index contributed by atoms with van der Waals surface area (Å²) >= 11 is 0. The van der Waals surface area contributed by atoms with E-state index in [1.165, 1.54) is 32.1 Å². The molecule has 1 aliphatic heterocycles. The zero-order valence-electron chi connectivity index (χ0n) is 19.2. The van der Waals surface area contributed by atoms with E-state index in [0.29, 0.717) is 5.75 Å². The van der Waals surface area contributed by atoms with Crippen LogP contribution in [0.2, 0.25) is 0 Å². The topological polar surface area (TPSA) is 109 Å². The van der Waals surface area contributed by atoms with Crippen LogP contribution in [0, 0.1) is 0 Å². The first-order valence-corrected chi connectivity index (χ1v) is 11.8. The molecule has 0 spiro atoms. The lowest BCUT2D eigenvalue weighted by Crippen LogP contribution is -2.60. The third-order valence-corrected chi connectivity index (χ3v) is 5.91. The molecule has 0 aliphatic carbocycles. The molecule has 7 nitrogen and oxygen atoms in total. The highest BCUT2D eigenvalue weighted by Gasteiger charge is 2.44. The van der Waals surface area contributed by atoms with E-state index >= 15 is 0 Å². The Morgan fingerprint density at radius 1 is 0.727 bits per heavy atom. The molecule has 0 unspecified atom stereocenters. The summed E-state index contributed by atoms with van der Waals surface area (Å²) in [5.74, 6) is 1.29. The van der Waals surface area contributed by atoms with Gasteiger partial charge in [0.1, 0.15) is 35.9 Å². The molecule has 1 heterocycles. The molecule has 2 aromatic rings. The largest absolute Gasteiger partial charge is 0.494 e. The van der Waals surface area contributed by atoms with Gasteiger partial charge in [0.05, 0.1) is 13.2 Å². The van der Waals surface area contributed by atoms with E-state index in [1.54, 1.807) is 12.1 Å². The Balaban J connectivity index is 1.49. The Labute approximate surface area is 195 Å². The normalized spacial score (nSPS) is 25.1. The zero-order valence-corrected chi connectivity index (χ0v) is 19.2. The molecule has 1 fully saturated rings. The van der Waals surface area contributed by atoms with Gasteiger partial charge in [-0.3, -0.25) is 0 Å². The van der Waals surface area contributed by atoms with Gasteiger partial charge in [-0.2, -0.15) is 0 Å². The second kappa shape index (κ2) is 12.9. The van der Waals surface area contributed by atoms with Crippen molar-refractivity contribution in [1.82, 2.24) is 0 Å². The van der Waals surface area contributed by atoms with E-state index in [1.807, 2.05) is 36.4 Å². The van der Waals surface area contributed by atoms with Crippen LogP contribution in [0.1, 0.15) is 45.4 Å². The van der Waals surface area contributed by atoms with Crippen LogP contribution in [0.15, 0.2) is 48.5 Å². The van der Waals surface area contributed by atoms with Crippen molar-refractivity contribution in [1.29, 1.82) is 0 Å². The van der Waals surface area contributed by atoms with Gasteiger partial charge in [-0.05, 0) is 41.8 Å². The number of hydrogen-bond acceptors (Lipinski definition) is 7. The number of ether oxygens (including phenoxy) is 3. The minimum absolute atomic E-state index is 0.432. The van der Waals surface area contributed by atoms with Crippen molar-refractivity contribution in [2.75, 3.05) is 13.2 Å². The van der Waals surface area contributed by atoms with E-state index in [4.69, 9.17) is 14.2 Å². The molecule has 182 valence electrons. The Morgan fingerprint density at radius 3 is 1.91 bits per heavy atom. The number of aliphatic hydroxyl groups is 4. The van der Waals surface area contributed by atoms with Crippen LogP contribution in [0.4, 0.5) is 0 Å². The number of hydrogen-bond donors (Lipinski definition) is 4. The van der Waals surface area contributed by atoms with Crippen molar-refractivity contribution >= 4 is 0 Å². The van der Waals surface area contributed by atoms with Gasteiger partial charge in [0.25, 0.3) is 0 Å². The van der Waals surface area contributed by atoms with Crippen LogP contribution in [0.3, 0.4) is 0 Å². The van der Waals surface area contributed by atoms with Crippen LogP contribution in [0.25, 0.3) is 11.1 Å². The third kappa shape index (κ3) is 7.16. The van der Waals surface area contributed by atoms with Crippen LogP contribution < -0.4 is 9.47 Å². The summed E-state index contributed by atoms with van der Waals surface area (Å²) in [6.07, 6.45) is 0.892. The maximum atomic E-state index is 10.1. The Bertz CT molecular complexity index is 806. The summed E-state index contributed by atoms with van der Waals surface area (Å²) in [4.78, 5) is 0. The fraction of sp³-hybridized carbons (Fsp3) is 0.538. The Morgan fingerprint density at radius 2 is 1.30 bits per heavy atom. The van der Waals surface area contributed by atoms with E-state index in [-0.39, 0.29) is 0 Å². The number of unbranched alkanes of at least 4 members (excludes halogenated alkanes) is 5. The first-order valence-electron chi connectivity index (χ1n) is 11.8. The van der Waals surface area contributed by atoms with Gasteiger partial charge < -0.3 is 34.6 Å². The Hall–Kier alpha value is -2.16. The summed E-state index contributed by atoms with van der Waals surface area (Å²) in [7, 11) is 0. The summed E-state index contributed by atoms with van der Waals surface area (Å²) < 4.78 is 16.9. The zero-order chi connectivity index (χ0) is 23.6. The monoisotopic (exact) mass is 460 g/mol. The lowest BCUT2D eigenvalue weighted by Gasteiger charge is -2.39. The van der Waals surface area contributed by atoms with Gasteiger partial charge in [0.15, 0.2) is 0 Å². The number of benzene rings is 2. The maximum absolute atomic E-state index is 10.1. The highest BCUT2D eigenvalue weighted by molar-refractivity contribution is 5.64. The molecule has 0 bridgehead atoms. The Kier molecular flexibility index (Phi) is 9.96. The molecule has 7 heteroatoms. The van der Waals surface area contributed by atoms with Gasteiger partial charge >= 0.3 is 0 Å². The maximum Gasteiger partial charge on any atom is 0.229 e. The van der Waals surface area contributed by atoms with Crippen molar-refractivity contribution in [2.24, 2.45) is 0 Å². The molecular formula is C26H36O7. The SMILES string of the molecule is CCCCCCCCOc1ccc(-c2ccc(O[C@@H]3O[C@H](CO)[C@@H](O)[C@H](O)[C@H]3O)cc2)cc1.